The highest BCUT2D eigenvalue weighted by Crippen LogP contribution is 2.35. The molecule has 0 amide bonds. The second kappa shape index (κ2) is 3.44. The van der Waals surface area contributed by atoms with Gasteiger partial charge in [0.2, 0.25) is 0 Å². The predicted octanol–water partition coefficient (Wildman–Crippen LogP) is 1.24. The van der Waals surface area contributed by atoms with Crippen LogP contribution in [0.4, 0.5) is 0 Å². The lowest BCUT2D eigenvalue weighted by atomic mass is 10.1. The molecule has 0 bridgehead atoms. The Balaban J connectivity index is 2.27. The van der Waals surface area contributed by atoms with Gasteiger partial charge in [-0.05, 0) is 25.3 Å². The van der Waals surface area contributed by atoms with Gasteiger partial charge in [-0.15, -0.1) is 0 Å². The molecule has 0 aromatic heterocycles. The van der Waals surface area contributed by atoms with Gasteiger partial charge in [0.25, 0.3) is 0 Å². The largest absolute Gasteiger partial charge is 0.480 e. The van der Waals surface area contributed by atoms with E-state index >= 15 is 0 Å². The summed E-state index contributed by atoms with van der Waals surface area (Å²) in [6, 6.07) is 0. The van der Waals surface area contributed by atoms with Gasteiger partial charge in [-0.2, -0.15) is 0 Å². The van der Waals surface area contributed by atoms with Gasteiger partial charge in [-0.3, -0.25) is 4.79 Å². The van der Waals surface area contributed by atoms with Crippen molar-refractivity contribution in [3.63, 3.8) is 0 Å². The normalized spacial score (nSPS) is 21.8. The van der Waals surface area contributed by atoms with Gasteiger partial charge in [0.05, 0.1) is 0 Å². The molecule has 1 saturated carbocycles. The van der Waals surface area contributed by atoms with Gasteiger partial charge < -0.3 is 10.4 Å². The molecule has 1 fully saturated rings. The standard InChI is InChI=1S/C9H17NO2/c1-3-7(2)6-10-9(4-5-9)8(11)12/h7,10H,3-6H2,1-2H3,(H,11,12). The van der Waals surface area contributed by atoms with Gasteiger partial charge >= 0.3 is 5.97 Å². The third-order valence-corrected chi connectivity index (χ3v) is 2.65. The molecule has 12 heavy (non-hydrogen) atoms. The first-order valence-electron chi connectivity index (χ1n) is 4.59. The summed E-state index contributed by atoms with van der Waals surface area (Å²) in [4.78, 5) is 10.7. The first-order chi connectivity index (χ1) is 5.60. The lowest BCUT2D eigenvalue weighted by molar-refractivity contribution is -0.140. The minimum Gasteiger partial charge on any atom is -0.480 e. The third kappa shape index (κ3) is 1.97. The second-order valence-corrected chi connectivity index (χ2v) is 3.78. The van der Waals surface area contributed by atoms with Crippen molar-refractivity contribution in [2.45, 2.75) is 38.6 Å². The summed E-state index contributed by atoms with van der Waals surface area (Å²) in [6.07, 6.45) is 2.68. The maximum atomic E-state index is 10.7. The molecule has 3 nitrogen and oxygen atoms in total. The second-order valence-electron chi connectivity index (χ2n) is 3.78. The summed E-state index contributed by atoms with van der Waals surface area (Å²) >= 11 is 0. The molecule has 70 valence electrons. The Labute approximate surface area is 73.2 Å². The zero-order chi connectivity index (χ0) is 9.19. The van der Waals surface area contributed by atoms with E-state index in [1.54, 1.807) is 0 Å². The van der Waals surface area contributed by atoms with Crippen LogP contribution < -0.4 is 5.32 Å². The van der Waals surface area contributed by atoms with E-state index in [1.165, 1.54) is 0 Å². The number of aliphatic carboxylic acids is 1. The highest BCUT2D eigenvalue weighted by Gasteiger charge is 2.49. The number of hydrogen-bond donors (Lipinski definition) is 2. The Hall–Kier alpha value is -0.570. The summed E-state index contributed by atoms with van der Waals surface area (Å²) in [7, 11) is 0. The molecule has 0 heterocycles. The lowest BCUT2D eigenvalue weighted by Crippen LogP contribution is -2.41. The van der Waals surface area contributed by atoms with Crippen LogP contribution >= 0.6 is 0 Å². The maximum absolute atomic E-state index is 10.7. The van der Waals surface area contributed by atoms with Crippen molar-refractivity contribution in [1.82, 2.24) is 5.32 Å². The first-order valence-corrected chi connectivity index (χ1v) is 4.59. The fraction of sp³-hybridized carbons (Fsp3) is 0.889. The Bertz CT molecular complexity index is 175. The number of rotatable bonds is 5. The predicted molar refractivity (Wildman–Crippen MR) is 47.1 cm³/mol. The smallest absolute Gasteiger partial charge is 0.323 e. The summed E-state index contributed by atoms with van der Waals surface area (Å²) in [6.45, 7) is 5.07. The molecule has 0 radical (unpaired) electrons. The Morgan fingerprint density at radius 3 is 2.58 bits per heavy atom. The van der Waals surface area contributed by atoms with E-state index < -0.39 is 11.5 Å². The molecule has 1 unspecified atom stereocenters. The maximum Gasteiger partial charge on any atom is 0.323 e. The average molecular weight is 171 g/mol. The molecule has 0 saturated heterocycles. The third-order valence-electron chi connectivity index (χ3n) is 2.65. The van der Waals surface area contributed by atoms with Crippen molar-refractivity contribution in [3.8, 4) is 0 Å². The van der Waals surface area contributed by atoms with Gasteiger partial charge in [-0.1, -0.05) is 20.3 Å². The van der Waals surface area contributed by atoms with Crippen LogP contribution in [0.15, 0.2) is 0 Å². The first kappa shape index (κ1) is 9.52. The number of hydrogen-bond acceptors (Lipinski definition) is 2. The molecular weight excluding hydrogens is 154 g/mol. The zero-order valence-corrected chi connectivity index (χ0v) is 7.76. The topological polar surface area (TPSA) is 49.3 Å². The summed E-state index contributed by atoms with van der Waals surface area (Å²) in [5, 5.41) is 11.9. The summed E-state index contributed by atoms with van der Waals surface area (Å²) in [5.74, 6) is -0.118. The Morgan fingerprint density at radius 1 is 1.67 bits per heavy atom. The fourth-order valence-corrected chi connectivity index (χ4v) is 1.11. The quantitative estimate of drug-likeness (QED) is 0.654. The van der Waals surface area contributed by atoms with Gasteiger partial charge in [-0.25, -0.2) is 0 Å². The van der Waals surface area contributed by atoms with E-state index in [-0.39, 0.29) is 0 Å². The Kier molecular flexibility index (Phi) is 2.73. The molecule has 0 aromatic carbocycles. The van der Waals surface area contributed by atoms with Crippen molar-refractivity contribution in [2.24, 2.45) is 5.92 Å². The van der Waals surface area contributed by atoms with E-state index in [0.717, 1.165) is 25.8 Å². The number of carboxylic acid groups (broad SMARTS) is 1. The molecule has 1 aliphatic carbocycles. The van der Waals surface area contributed by atoms with E-state index in [4.69, 9.17) is 5.11 Å². The number of carbonyl (C=O) groups is 1. The Morgan fingerprint density at radius 2 is 2.25 bits per heavy atom. The molecule has 0 spiro atoms. The number of nitrogens with one attached hydrogen (secondary N) is 1. The average Bonchev–Trinajstić information content (AvgIpc) is 2.81. The fourth-order valence-electron chi connectivity index (χ4n) is 1.11. The molecule has 1 aliphatic rings. The van der Waals surface area contributed by atoms with Crippen LogP contribution in [0.1, 0.15) is 33.1 Å². The van der Waals surface area contributed by atoms with Crippen LogP contribution in [0.5, 0.6) is 0 Å². The van der Waals surface area contributed by atoms with Crippen molar-refractivity contribution in [2.75, 3.05) is 6.54 Å². The monoisotopic (exact) mass is 171 g/mol. The molecule has 3 heteroatoms. The number of carboxylic acids is 1. The molecule has 0 aliphatic heterocycles. The van der Waals surface area contributed by atoms with E-state index in [0.29, 0.717) is 5.92 Å². The minimum atomic E-state index is -0.689. The highest BCUT2D eigenvalue weighted by molar-refractivity contribution is 5.82. The van der Waals surface area contributed by atoms with Crippen LogP contribution in [0.25, 0.3) is 0 Å². The molecule has 1 atom stereocenters. The van der Waals surface area contributed by atoms with Crippen LogP contribution in [0, 0.1) is 5.92 Å². The van der Waals surface area contributed by atoms with Crippen LogP contribution in [0.3, 0.4) is 0 Å². The molecular formula is C9H17NO2. The van der Waals surface area contributed by atoms with Crippen molar-refractivity contribution in [3.05, 3.63) is 0 Å². The minimum absolute atomic E-state index is 0.552. The van der Waals surface area contributed by atoms with E-state index in [9.17, 15) is 4.79 Å². The summed E-state index contributed by atoms with van der Waals surface area (Å²) in [5.41, 5.74) is -0.552. The highest BCUT2D eigenvalue weighted by atomic mass is 16.4. The van der Waals surface area contributed by atoms with Crippen LogP contribution in [-0.4, -0.2) is 23.2 Å². The van der Waals surface area contributed by atoms with Crippen molar-refractivity contribution < 1.29 is 9.90 Å². The van der Waals surface area contributed by atoms with Gasteiger partial charge in [0, 0.05) is 0 Å². The molecule has 0 aromatic rings. The van der Waals surface area contributed by atoms with E-state index in [1.807, 2.05) is 0 Å². The molecule has 2 N–H and O–H groups in total. The SMILES string of the molecule is CCC(C)CNC1(C(=O)O)CC1. The zero-order valence-electron chi connectivity index (χ0n) is 7.76. The van der Waals surface area contributed by atoms with Gasteiger partial charge in [0.1, 0.15) is 5.54 Å². The molecule has 1 rings (SSSR count). The van der Waals surface area contributed by atoms with Crippen molar-refractivity contribution >= 4 is 5.97 Å². The van der Waals surface area contributed by atoms with Crippen LogP contribution in [0.2, 0.25) is 0 Å². The van der Waals surface area contributed by atoms with Crippen molar-refractivity contribution in [1.29, 1.82) is 0 Å². The van der Waals surface area contributed by atoms with Crippen LogP contribution in [-0.2, 0) is 4.79 Å². The summed E-state index contributed by atoms with van der Waals surface area (Å²) < 4.78 is 0. The van der Waals surface area contributed by atoms with E-state index in [2.05, 4.69) is 19.2 Å². The lowest BCUT2D eigenvalue weighted by Gasteiger charge is -2.15. The van der Waals surface area contributed by atoms with Gasteiger partial charge in [0.15, 0.2) is 0 Å².